The van der Waals surface area contributed by atoms with E-state index in [1.165, 1.54) is 5.56 Å². The first-order valence-corrected chi connectivity index (χ1v) is 8.64. The summed E-state index contributed by atoms with van der Waals surface area (Å²) in [4.78, 5) is 17.2. The molecule has 0 spiro atoms. The molecule has 1 aliphatic rings. The second kappa shape index (κ2) is 6.80. The smallest absolute Gasteiger partial charge is 0.255 e. The van der Waals surface area contributed by atoms with Crippen LogP contribution in [-0.4, -0.2) is 35.7 Å². The molecule has 0 radical (unpaired) electrons. The van der Waals surface area contributed by atoms with Crippen LogP contribution in [0, 0.1) is 6.92 Å². The standard InChI is InChI=1S/C20H21N3O3/c1-13-7-8-16-17(9-13)23-14(11-26-12-19(23)22-16)10-21-20(24)15-5-3-4-6-18(15)25-2/h3-9,14H,10-12H2,1-2H3,(H,21,24)/t14-/m0/s1. The minimum Gasteiger partial charge on any atom is -0.496 e. The van der Waals surface area contributed by atoms with Gasteiger partial charge < -0.3 is 19.4 Å². The Morgan fingerprint density at radius 2 is 2.19 bits per heavy atom. The van der Waals surface area contributed by atoms with Crippen LogP contribution in [0.5, 0.6) is 5.75 Å². The maximum atomic E-state index is 12.6. The Bertz CT molecular complexity index is 964. The van der Waals surface area contributed by atoms with Crippen LogP contribution in [0.25, 0.3) is 11.0 Å². The van der Waals surface area contributed by atoms with Crippen molar-refractivity contribution in [1.82, 2.24) is 14.9 Å². The van der Waals surface area contributed by atoms with E-state index >= 15 is 0 Å². The van der Waals surface area contributed by atoms with Gasteiger partial charge in [-0.1, -0.05) is 18.2 Å². The normalized spacial score (nSPS) is 16.3. The Balaban J connectivity index is 1.58. The predicted octanol–water partition coefficient (Wildman–Crippen LogP) is 2.85. The number of para-hydroxylation sites is 1. The van der Waals surface area contributed by atoms with Gasteiger partial charge in [0.25, 0.3) is 5.91 Å². The van der Waals surface area contributed by atoms with Crippen molar-refractivity contribution in [1.29, 1.82) is 0 Å². The third-order valence-corrected chi connectivity index (χ3v) is 4.67. The van der Waals surface area contributed by atoms with Gasteiger partial charge in [-0.15, -0.1) is 0 Å². The van der Waals surface area contributed by atoms with Crippen molar-refractivity contribution < 1.29 is 14.3 Å². The van der Waals surface area contributed by atoms with Gasteiger partial charge in [0, 0.05) is 6.54 Å². The van der Waals surface area contributed by atoms with E-state index in [0.717, 1.165) is 16.9 Å². The average Bonchev–Trinajstić information content (AvgIpc) is 3.04. The third-order valence-electron chi connectivity index (χ3n) is 4.67. The molecule has 0 unspecified atom stereocenters. The lowest BCUT2D eigenvalue weighted by atomic mass is 10.1. The molecule has 0 fully saturated rings. The lowest BCUT2D eigenvalue weighted by Gasteiger charge is -2.26. The van der Waals surface area contributed by atoms with E-state index in [0.29, 0.717) is 31.1 Å². The zero-order valence-electron chi connectivity index (χ0n) is 14.9. The summed E-state index contributed by atoms with van der Waals surface area (Å²) in [5.74, 6) is 1.30. The highest BCUT2D eigenvalue weighted by Crippen LogP contribution is 2.26. The minimum absolute atomic E-state index is 0.00390. The third kappa shape index (κ3) is 2.93. The Labute approximate surface area is 151 Å². The maximum Gasteiger partial charge on any atom is 0.255 e. The van der Waals surface area contributed by atoms with Crippen molar-refractivity contribution in [3.05, 3.63) is 59.4 Å². The molecule has 0 saturated carbocycles. The number of amides is 1. The van der Waals surface area contributed by atoms with Gasteiger partial charge in [0.1, 0.15) is 18.2 Å². The van der Waals surface area contributed by atoms with Crippen LogP contribution in [0.3, 0.4) is 0 Å². The number of aromatic nitrogens is 2. The van der Waals surface area contributed by atoms with Gasteiger partial charge in [-0.3, -0.25) is 4.79 Å². The fourth-order valence-electron chi connectivity index (χ4n) is 3.41. The van der Waals surface area contributed by atoms with Gasteiger partial charge in [-0.25, -0.2) is 4.98 Å². The van der Waals surface area contributed by atoms with E-state index in [1.807, 2.05) is 18.2 Å². The molecule has 6 heteroatoms. The summed E-state index contributed by atoms with van der Waals surface area (Å²) in [6.07, 6.45) is 0. The number of benzene rings is 2. The van der Waals surface area contributed by atoms with E-state index in [9.17, 15) is 4.79 Å². The molecular weight excluding hydrogens is 330 g/mol. The molecule has 134 valence electrons. The van der Waals surface area contributed by atoms with Crippen LogP contribution in [0.15, 0.2) is 42.5 Å². The van der Waals surface area contributed by atoms with Crippen LogP contribution >= 0.6 is 0 Å². The van der Waals surface area contributed by atoms with Crippen molar-refractivity contribution in [2.24, 2.45) is 0 Å². The van der Waals surface area contributed by atoms with Crippen molar-refractivity contribution in [2.45, 2.75) is 19.6 Å². The van der Waals surface area contributed by atoms with E-state index in [-0.39, 0.29) is 11.9 Å². The van der Waals surface area contributed by atoms with Crippen LogP contribution < -0.4 is 10.1 Å². The summed E-state index contributed by atoms with van der Waals surface area (Å²) in [6.45, 7) is 3.56. The number of hydrogen-bond donors (Lipinski definition) is 1. The average molecular weight is 351 g/mol. The largest absolute Gasteiger partial charge is 0.496 e. The number of aryl methyl sites for hydroxylation is 1. The molecule has 26 heavy (non-hydrogen) atoms. The molecule has 1 aromatic heterocycles. The minimum atomic E-state index is -0.157. The van der Waals surface area contributed by atoms with Crippen LogP contribution in [0.4, 0.5) is 0 Å². The van der Waals surface area contributed by atoms with Crippen LogP contribution in [0.1, 0.15) is 27.8 Å². The summed E-state index contributed by atoms with van der Waals surface area (Å²) < 4.78 is 13.2. The fourth-order valence-corrected chi connectivity index (χ4v) is 3.41. The number of carbonyl (C=O) groups excluding carboxylic acids is 1. The summed E-state index contributed by atoms with van der Waals surface area (Å²) in [5, 5.41) is 3.01. The van der Waals surface area contributed by atoms with Crippen molar-refractivity contribution in [3.8, 4) is 5.75 Å². The molecule has 0 saturated heterocycles. The number of imidazole rings is 1. The molecule has 6 nitrogen and oxygen atoms in total. The van der Waals surface area contributed by atoms with Crippen molar-refractivity contribution in [2.75, 3.05) is 20.3 Å². The number of carbonyl (C=O) groups is 1. The molecule has 1 amide bonds. The first kappa shape index (κ1) is 16.6. The Morgan fingerprint density at radius 1 is 1.35 bits per heavy atom. The topological polar surface area (TPSA) is 65.4 Å². The predicted molar refractivity (Wildman–Crippen MR) is 98.5 cm³/mol. The number of rotatable bonds is 4. The monoisotopic (exact) mass is 351 g/mol. The molecule has 1 atom stereocenters. The first-order chi connectivity index (χ1) is 12.7. The zero-order chi connectivity index (χ0) is 18.1. The zero-order valence-corrected chi connectivity index (χ0v) is 14.9. The quantitative estimate of drug-likeness (QED) is 0.785. The maximum absolute atomic E-state index is 12.6. The first-order valence-electron chi connectivity index (χ1n) is 8.64. The summed E-state index contributed by atoms with van der Waals surface area (Å²) in [6, 6.07) is 13.4. The molecule has 4 rings (SSSR count). The highest BCUT2D eigenvalue weighted by atomic mass is 16.5. The highest BCUT2D eigenvalue weighted by molar-refractivity contribution is 5.96. The lowest BCUT2D eigenvalue weighted by molar-refractivity contribution is 0.0553. The molecule has 0 bridgehead atoms. The SMILES string of the molecule is COc1ccccc1C(=O)NC[C@H]1COCc2nc3ccc(C)cc3n21. The van der Waals surface area contributed by atoms with Crippen molar-refractivity contribution >= 4 is 16.9 Å². The van der Waals surface area contributed by atoms with Gasteiger partial charge in [0.05, 0.1) is 36.4 Å². The van der Waals surface area contributed by atoms with E-state index in [2.05, 4.69) is 33.9 Å². The summed E-state index contributed by atoms with van der Waals surface area (Å²) in [7, 11) is 1.56. The Morgan fingerprint density at radius 3 is 3.04 bits per heavy atom. The van der Waals surface area contributed by atoms with Gasteiger partial charge in [-0.2, -0.15) is 0 Å². The number of ether oxygens (including phenoxy) is 2. The number of nitrogens with one attached hydrogen (secondary N) is 1. The number of nitrogens with zero attached hydrogens (tertiary/aromatic N) is 2. The van der Waals surface area contributed by atoms with Crippen LogP contribution in [-0.2, 0) is 11.3 Å². The molecule has 2 heterocycles. The van der Waals surface area contributed by atoms with Crippen molar-refractivity contribution in [3.63, 3.8) is 0 Å². The molecule has 2 aromatic carbocycles. The second-order valence-electron chi connectivity index (χ2n) is 6.47. The Hall–Kier alpha value is -2.86. The fraction of sp³-hybridized carbons (Fsp3) is 0.300. The summed E-state index contributed by atoms with van der Waals surface area (Å²) >= 11 is 0. The Kier molecular flexibility index (Phi) is 4.34. The van der Waals surface area contributed by atoms with Crippen LogP contribution in [0.2, 0.25) is 0 Å². The molecule has 1 N–H and O–H groups in total. The number of methoxy groups -OCH3 is 1. The van der Waals surface area contributed by atoms with Gasteiger partial charge >= 0.3 is 0 Å². The van der Waals surface area contributed by atoms with Gasteiger partial charge in [0.2, 0.25) is 0 Å². The molecule has 0 aliphatic carbocycles. The number of fused-ring (bicyclic) bond motifs is 3. The van der Waals surface area contributed by atoms with E-state index < -0.39 is 0 Å². The lowest BCUT2D eigenvalue weighted by Crippen LogP contribution is -2.35. The van der Waals surface area contributed by atoms with E-state index in [1.54, 1.807) is 19.2 Å². The number of hydrogen-bond acceptors (Lipinski definition) is 4. The highest BCUT2D eigenvalue weighted by Gasteiger charge is 2.25. The molecular formula is C20H21N3O3. The summed E-state index contributed by atoms with van der Waals surface area (Å²) in [5.41, 5.74) is 3.75. The van der Waals surface area contributed by atoms with E-state index in [4.69, 9.17) is 9.47 Å². The molecule has 3 aromatic rings. The van der Waals surface area contributed by atoms with Gasteiger partial charge in [0.15, 0.2) is 0 Å². The van der Waals surface area contributed by atoms with Gasteiger partial charge in [-0.05, 0) is 36.8 Å². The second-order valence-corrected chi connectivity index (χ2v) is 6.47. The molecule has 1 aliphatic heterocycles.